The van der Waals surface area contributed by atoms with Crippen molar-refractivity contribution in [1.29, 1.82) is 0 Å². The van der Waals surface area contributed by atoms with Crippen molar-refractivity contribution in [3.8, 4) is 0 Å². The van der Waals surface area contributed by atoms with Crippen LogP contribution >= 0.6 is 11.3 Å². The summed E-state index contributed by atoms with van der Waals surface area (Å²) >= 11 is 1.57. The molecule has 0 spiro atoms. The van der Waals surface area contributed by atoms with E-state index in [0.717, 1.165) is 5.01 Å². The van der Waals surface area contributed by atoms with Crippen LogP contribution in [-0.4, -0.2) is 59.9 Å². The Morgan fingerprint density at radius 2 is 2.26 bits per heavy atom. The molecule has 0 radical (unpaired) electrons. The number of hydrazone groups is 1. The number of carbonyl (C=O) groups is 1. The highest BCUT2D eigenvalue weighted by atomic mass is 32.1. The molecule has 1 aromatic carbocycles. The topological polar surface area (TPSA) is 81.5 Å². The van der Waals surface area contributed by atoms with E-state index in [1.54, 1.807) is 40.9 Å². The van der Waals surface area contributed by atoms with Crippen molar-refractivity contribution < 1.29 is 19.0 Å². The van der Waals surface area contributed by atoms with Crippen LogP contribution in [0.15, 0.2) is 34.9 Å². The Labute approximate surface area is 159 Å². The molecule has 2 aliphatic heterocycles. The number of amides is 1. The van der Waals surface area contributed by atoms with Crippen LogP contribution in [0.1, 0.15) is 5.01 Å². The maximum atomic E-state index is 14.6. The van der Waals surface area contributed by atoms with Crippen molar-refractivity contribution in [3.05, 3.63) is 40.6 Å². The largest absolute Gasteiger partial charge is 0.441 e. The third kappa shape index (κ3) is 3.71. The van der Waals surface area contributed by atoms with Gasteiger partial charge in [-0.2, -0.15) is 5.10 Å². The molecule has 1 unspecified atom stereocenters. The van der Waals surface area contributed by atoms with Crippen LogP contribution in [0.25, 0.3) is 0 Å². The average Bonchev–Trinajstić information content (AvgIpc) is 3.32. The standard InChI is InChI=1S/C17H18FN5O3S/c18-14-7-12(23-8-13(10-24)26-17(23)25)1-2-15(14)21-4-5-22(20-11-21)9-16-19-3-6-27-16/h1-3,6-7,11,13,24H,4-5,8-10H2. The molecule has 142 valence electrons. The highest BCUT2D eigenvalue weighted by molar-refractivity contribution is 7.09. The van der Waals surface area contributed by atoms with Crippen molar-refractivity contribution in [2.75, 3.05) is 36.0 Å². The van der Waals surface area contributed by atoms with Gasteiger partial charge in [0, 0.05) is 18.1 Å². The molecule has 2 aromatic rings. The third-order valence-corrected chi connectivity index (χ3v) is 5.15. The number of anilines is 2. The number of ether oxygens (including phenoxy) is 1. The SMILES string of the molecule is O=C1OC(CO)CN1c1ccc(N2C=NN(Cc3nccs3)CC2)c(F)c1. The van der Waals surface area contributed by atoms with Crippen LogP contribution in [0.4, 0.5) is 20.6 Å². The summed E-state index contributed by atoms with van der Waals surface area (Å²) in [6.45, 7) is 1.81. The molecule has 10 heteroatoms. The smallest absolute Gasteiger partial charge is 0.414 e. The van der Waals surface area contributed by atoms with Gasteiger partial charge in [-0.3, -0.25) is 9.91 Å². The van der Waals surface area contributed by atoms with E-state index in [1.165, 1.54) is 11.0 Å². The van der Waals surface area contributed by atoms with E-state index < -0.39 is 18.0 Å². The van der Waals surface area contributed by atoms with Crippen LogP contribution in [0.3, 0.4) is 0 Å². The lowest BCUT2D eigenvalue weighted by molar-refractivity contribution is 0.0963. The molecule has 1 N–H and O–H groups in total. The summed E-state index contributed by atoms with van der Waals surface area (Å²) in [6, 6.07) is 4.58. The van der Waals surface area contributed by atoms with Crippen LogP contribution in [0.2, 0.25) is 0 Å². The predicted molar refractivity (Wildman–Crippen MR) is 99.5 cm³/mol. The Morgan fingerprint density at radius 3 is 2.89 bits per heavy atom. The molecule has 2 aliphatic rings. The number of cyclic esters (lactones) is 1. The maximum Gasteiger partial charge on any atom is 0.414 e. The highest BCUT2D eigenvalue weighted by Crippen LogP contribution is 2.28. The Bertz CT molecular complexity index is 847. The second kappa shape index (κ2) is 7.49. The van der Waals surface area contributed by atoms with Gasteiger partial charge in [-0.1, -0.05) is 0 Å². The van der Waals surface area contributed by atoms with E-state index in [-0.39, 0.29) is 13.2 Å². The monoisotopic (exact) mass is 391 g/mol. The van der Waals surface area contributed by atoms with Crippen molar-refractivity contribution in [2.24, 2.45) is 5.10 Å². The zero-order chi connectivity index (χ0) is 18.8. The second-order valence-electron chi connectivity index (χ2n) is 6.17. The molecular formula is C17H18FN5O3S. The summed E-state index contributed by atoms with van der Waals surface area (Å²) in [7, 11) is 0. The molecule has 1 fully saturated rings. The number of nitrogens with zero attached hydrogens (tertiary/aromatic N) is 5. The lowest BCUT2D eigenvalue weighted by atomic mass is 10.2. The van der Waals surface area contributed by atoms with Gasteiger partial charge in [0.05, 0.1) is 37.6 Å². The van der Waals surface area contributed by atoms with Gasteiger partial charge < -0.3 is 14.7 Å². The molecule has 0 bridgehead atoms. The van der Waals surface area contributed by atoms with Gasteiger partial charge in [-0.05, 0) is 18.2 Å². The fourth-order valence-corrected chi connectivity index (χ4v) is 3.61. The molecule has 8 nitrogen and oxygen atoms in total. The van der Waals surface area contributed by atoms with Crippen LogP contribution in [0.5, 0.6) is 0 Å². The highest BCUT2D eigenvalue weighted by Gasteiger charge is 2.32. The van der Waals surface area contributed by atoms with Crippen molar-refractivity contribution in [1.82, 2.24) is 9.99 Å². The number of rotatable bonds is 5. The Kier molecular flexibility index (Phi) is 4.90. The number of halogens is 1. The predicted octanol–water partition coefficient (Wildman–Crippen LogP) is 1.87. The van der Waals surface area contributed by atoms with Gasteiger partial charge in [0.2, 0.25) is 0 Å². The number of carbonyl (C=O) groups excluding carboxylic acids is 1. The summed E-state index contributed by atoms with van der Waals surface area (Å²) in [4.78, 5) is 19.1. The minimum Gasteiger partial charge on any atom is -0.441 e. The summed E-state index contributed by atoms with van der Waals surface area (Å²) in [6.07, 6.45) is 2.19. The molecule has 4 rings (SSSR count). The summed E-state index contributed by atoms with van der Waals surface area (Å²) in [5.41, 5.74) is 0.791. The second-order valence-corrected chi connectivity index (χ2v) is 7.15. The fraction of sp³-hybridized carbons (Fsp3) is 0.353. The maximum absolute atomic E-state index is 14.6. The van der Waals surface area contributed by atoms with Crippen LogP contribution < -0.4 is 9.80 Å². The molecule has 0 aliphatic carbocycles. The van der Waals surface area contributed by atoms with E-state index >= 15 is 0 Å². The van der Waals surface area contributed by atoms with Gasteiger partial charge in [-0.25, -0.2) is 14.2 Å². The Balaban J connectivity index is 1.45. The molecular weight excluding hydrogens is 373 g/mol. The zero-order valence-corrected chi connectivity index (χ0v) is 15.2. The molecule has 0 saturated carbocycles. The number of aromatic nitrogens is 1. The van der Waals surface area contributed by atoms with Gasteiger partial charge in [0.25, 0.3) is 0 Å². The molecule has 1 atom stereocenters. The first-order valence-electron chi connectivity index (χ1n) is 8.46. The van der Waals surface area contributed by atoms with Gasteiger partial charge in [0.15, 0.2) is 0 Å². The quantitative estimate of drug-likeness (QED) is 0.838. The number of hydrogen-bond donors (Lipinski definition) is 1. The number of benzene rings is 1. The molecule has 3 heterocycles. The number of hydrogen-bond acceptors (Lipinski definition) is 8. The lowest BCUT2D eigenvalue weighted by Gasteiger charge is -2.30. The summed E-state index contributed by atoms with van der Waals surface area (Å²) in [5, 5.41) is 18.3. The van der Waals surface area contributed by atoms with Crippen molar-refractivity contribution >= 4 is 35.1 Å². The first kappa shape index (κ1) is 17.7. The minimum absolute atomic E-state index is 0.199. The fourth-order valence-electron chi connectivity index (χ4n) is 2.99. The molecule has 1 saturated heterocycles. The lowest BCUT2D eigenvalue weighted by Crippen LogP contribution is -2.38. The molecule has 1 amide bonds. The van der Waals surface area contributed by atoms with Gasteiger partial charge in [-0.15, -0.1) is 11.3 Å². The summed E-state index contributed by atoms with van der Waals surface area (Å²) < 4.78 is 19.6. The van der Waals surface area contributed by atoms with Gasteiger partial charge in [0.1, 0.15) is 23.3 Å². The molecule has 1 aromatic heterocycles. The Morgan fingerprint density at radius 1 is 1.37 bits per heavy atom. The van der Waals surface area contributed by atoms with Crippen molar-refractivity contribution in [3.63, 3.8) is 0 Å². The van der Waals surface area contributed by atoms with E-state index in [0.29, 0.717) is 31.0 Å². The number of aliphatic hydroxyl groups is 1. The van der Waals surface area contributed by atoms with Crippen LogP contribution in [-0.2, 0) is 11.3 Å². The normalized spacial score (nSPS) is 19.7. The van der Waals surface area contributed by atoms with Crippen molar-refractivity contribution in [2.45, 2.75) is 12.6 Å². The van der Waals surface area contributed by atoms with E-state index in [4.69, 9.17) is 9.84 Å². The zero-order valence-electron chi connectivity index (χ0n) is 14.4. The third-order valence-electron chi connectivity index (χ3n) is 4.38. The first-order chi connectivity index (χ1) is 13.1. The Hall–Kier alpha value is -2.72. The van der Waals surface area contributed by atoms with Gasteiger partial charge >= 0.3 is 6.09 Å². The van der Waals surface area contributed by atoms with E-state index in [9.17, 15) is 9.18 Å². The van der Waals surface area contributed by atoms with E-state index in [1.807, 2.05) is 10.4 Å². The number of aliphatic hydroxyl groups excluding tert-OH is 1. The number of thiazole rings is 1. The van der Waals surface area contributed by atoms with Crippen LogP contribution in [0, 0.1) is 5.82 Å². The average molecular weight is 391 g/mol. The summed E-state index contributed by atoms with van der Waals surface area (Å²) in [5.74, 6) is -0.451. The first-order valence-corrected chi connectivity index (χ1v) is 9.34. The minimum atomic E-state index is -0.585. The molecule has 27 heavy (non-hydrogen) atoms. The van der Waals surface area contributed by atoms with E-state index in [2.05, 4.69) is 10.1 Å².